The molecule has 0 atom stereocenters. The SMILES string of the molecule is Cn1cc(-c2cc(N)c3cnn(C)c3c2)cn1. The van der Waals surface area contributed by atoms with Crippen LogP contribution < -0.4 is 5.73 Å². The number of fused-ring (bicyclic) bond motifs is 1. The first-order valence-electron chi connectivity index (χ1n) is 5.35. The first-order chi connectivity index (χ1) is 8.15. The number of nitrogen functional groups attached to an aromatic ring is 1. The van der Waals surface area contributed by atoms with Crippen molar-refractivity contribution < 1.29 is 0 Å². The zero-order valence-electron chi connectivity index (χ0n) is 9.75. The maximum atomic E-state index is 6.03. The number of benzene rings is 1. The van der Waals surface area contributed by atoms with Crippen LogP contribution in [0.25, 0.3) is 22.0 Å². The Morgan fingerprint density at radius 1 is 1.06 bits per heavy atom. The predicted octanol–water partition coefficient (Wildman–Crippen LogP) is 1.56. The van der Waals surface area contributed by atoms with Crippen LogP contribution in [0.3, 0.4) is 0 Å². The second-order valence-corrected chi connectivity index (χ2v) is 4.17. The van der Waals surface area contributed by atoms with Crippen LogP contribution >= 0.6 is 0 Å². The lowest BCUT2D eigenvalue weighted by atomic mass is 10.1. The summed E-state index contributed by atoms with van der Waals surface area (Å²) in [4.78, 5) is 0. The zero-order chi connectivity index (χ0) is 12.0. The van der Waals surface area contributed by atoms with Gasteiger partial charge in [-0.25, -0.2) is 0 Å². The fourth-order valence-corrected chi connectivity index (χ4v) is 2.01. The second-order valence-electron chi connectivity index (χ2n) is 4.17. The van der Waals surface area contributed by atoms with E-state index in [2.05, 4.69) is 16.3 Å². The zero-order valence-corrected chi connectivity index (χ0v) is 9.75. The van der Waals surface area contributed by atoms with E-state index < -0.39 is 0 Å². The summed E-state index contributed by atoms with van der Waals surface area (Å²) in [5.41, 5.74) is 9.93. The van der Waals surface area contributed by atoms with Crippen molar-refractivity contribution in [1.29, 1.82) is 0 Å². The summed E-state index contributed by atoms with van der Waals surface area (Å²) in [6.07, 6.45) is 5.59. The Labute approximate surface area is 98.5 Å². The molecule has 0 aliphatic rings. The van der Waals surface area contributed by atoms with Gasteiger partial charge in [0, 0.05) is 36.9 Å². The average Bonchev–Trinajstić information content (AvgIpc) is 2.87. The van der Waals surface area contributed by atoms with Gasteiger partial charge in [-0.15, -0.1) is 0 Å². The Bertz CT molecular complexity index is 692. The van der Waals surface area contributed by atoms with Crippen LogP contribution in [-0.2, 0) is 14.1 Å². The van der Waals surface area contributed by atoms with E-state index in [4.69, 9.17) is 5.73 Å². The highest BCUT2D eigenvalue weighted by atomic mass is 15.3. The maximum absolute atomic E-state index is 6.03. The van der Waals surface area contributed by atoms with E-state index in [0.29, 0.717) is 0 Å². The number of nitrogens with two attached hydrogens (primary N) is 1. The molecule has 5 nitrogen and oxygen atoms in total. The van der Waals surface area contributed by atoms with E-state index in [1.165, 1.54) is 0 Å². The molecule has 0 bridgehead atoms. The van der Waals surface area contributed by atoms with Gasteiger partial charge < -0.3 is 5.73 Å². The lowest BCUT2D eigenvalue weighted by Gasteiger charge is -2.02. The molecule has 0 spiro atoms. The Balaban J connectivity index is 2.27. The second kappa shape index (κ2) is 3.35. The van der Waals surface area contributed by atoms with Gasteiger partial charge in [0.05, 0.1) is 17.9 Å². The molecule has 0 aliphatic carbocycles. The molecule has 2 N–H and O–H groups in total. The number of hydrogen-bond acceptors (Lipinski definition) is 3. The number of rotatable bonds is 1. The summed E-state index contributed by atoms with van der Waals surface area (Å²) in [6.45, 7) is 0. The topological polar surface area (TPSA) is 61.7 Å². The molecule has 0 radical (unpaired) electrons. The standard InChI is InChI=1S/C12H13N5/c1-16-7-9(5-14-16)8-3-11(13)10-6-15-17(2)12(10)4-8/h3-7H,13H2,1-2H3. The minimum atomic E-state index is 0.745. The highest BCUT2D eigenvalue weighted by Gasteiger charge is 2.08. The molecule has 5 heteroatoms. The summed E-state index contributed by atoms with van der Waals surface area (Å²) in [6, 6.07) is 4.04. The number of aryl methyl sites for hydroxylation is 2. The molecular weight excluding hydrogens is 214 g/mol. The van der Waals surface area contributed by atoms with Gasteiger partial charge in [0.15, 0.2) is 0 Å². The highest BCUT2D eigenvalue weighted by molar-refractivity contribution is 5.94. The molecule has 1 aromatic carbocycles. The first-order valence-corrected chi connectivity index (χ1v) is 5.35. The third kappa shape index (κ3) is 1.47. The number of hydrogen-bond donors (Lipinski definition) is 1. The van der Waals surface area contributed by atoms with Gasteiger partial charge in [-0.2, -0.15) is 10.2 Å². The van der Waals surface area contributed by atoms with Crippen molar-refractivity contribution in [2.45, 2.75) is 0 Å². The van der Waals surface area contributed by atoms with E-state index >= 15 is 0 Å². The molecule has 0 aliphatic heterocycles. The quantitative estimate of drug-likeness (QED) is 0.642. The molecule has 2 aromatic heterocycles. The third-order valence-electron chi connectivity index (χ3n) is 2.94. The number of aromatic nitrogens is 4. The van der Waals surface area contributed by atoms with Gasteiger partial charge in [0.25, 0.3) is 0 Å². The third-order valence-corrected chi connectivity index (χ3v) is 2.94. The molecule has 0 amide bonds. The summed E-state index contributed by atoms with van der Waals surface area (Å²) < 4.78 is 3.60. The van der Waals surface area contributed by atoms with Crippen molar-refractivity contribution in [2.75, 3.05) is 5.73 Å². The Kier molecular flexibility index (Phi) is 1.95. The lowest BCUT2D eigenvalue weighted by molar-refractivity contribution is 0.768. The van der Waals surface area contributed by atoms with Crippen molar-refractivity contribution in [1.82, 2.24) is 19.6 Å². The van der Waals surface area contributed by atoms with E-state index in [0.717, 1.165) is 27.7 Å². The molecule has 0 unspecified atom stereocenters. The Morgan fingerprint density at radius 2 is 1.88 bits per heavy atom. The predicted molar refractivity (Wildman–Crippen MR) is 67.3 cm³/mol. The summed E-state index contributed by atoms with van der Waals surface area (Å²) in [5.74, 6) is 0. The van der Waals surface area contributed by atoms with Crippen molar-refractivity contribution in [3.05, 3.63) is 30.7 Å². The molecule has 17 heavy (non-hydrogen) atoms. The molecule has 0 saturated carbocycles. The monoisotopic (exact) mass is 227 g/mol. The van der Waals surface area contributed by atoms with Crippen LogP contribution in [-0.4, -0.2) is 19.6 Å². The molecule has 2 heterocycles. The van der Waals surface area contributed by atoms with E-state index in [-0.39, 0.29) is 0 Å². The van der Waals surface area contributed by atoms with Crippen LogP contribution in [0.5, 0.6) is 0 Å². The van der Waals surface area contributed by atoms with Crippen LogP contribution in [0.15, 0.2) is 30.7 Å². The Hall–Kier alpha value is -2.30. The molecule has 0 saturated heterocycles. The minimum Gasteiger partial charge on any atom is -0.398 e. The molecule has 3 aromatic rings. The lowest BCUT2D eigenvalue weighted by Crippen LogP contribution is -1.91. The van der Waals surface area contributed by atoms with Gasteiger partial charge in [0.1, 0.15) is 0 Å². The smallest absolute Gasteiger partial charge is 0.0706 e. The summed E-state index contributed by atoms with van der Waals surface area (Å²) >= 11 is 0. The fraction of sp³-hybridized carbons (Fsp3) is 0.167. The normalized spacial score (nSPS) is 11.2. The van der Waals surface area contributed by atoms with Crippen LogP contribution in [0.2, 0.25) is 0 Å². The fourth-order valence-electron chi connectivity index (χ4n) is 2.01. The van der Waals surface area contributed by atoms with Crippen molar-refractivity contribution in [3.63, 3.8) is 0 Å². The largest absolute Gasteiger partial charge is 0.398 e. The van der Waals surface area contributed by atoms with Gasteiger partial charge in [-0.1, -0.05) is 0 Å². The van der Waals surface area contributed by atoms with Crippen LogP contribution in [0.4, 0.5) is 5.69 Å². The minimum absolute atomic E-state index is 0.745. The Morgan fingerprint density at radius 3 is 2.59 bits per heavy atom. The van der Waals surface area contributed by atoms with E-state index in [1.54, 1.807) is 10.9 Å². The van der Waals surface area contributed by atoms with Gasteiger partial charge >= 0.3 is 0 Å². The number of nitrogens with zero attached hydrogens (tertiary/aromatic N) is 4. The maximum Gasteiger partial charge on any atom is 0.0706 e. The molecular formula is C12H13N5. The molecule has 0 fully saturated rings. The van der Waals surface area contributed by atoms with E-state index in [9.17, 15) is 0 Å². The molecule has 3 rings (SSSR count). The van der Waals surface area contributed by atoms with Crippen molar-refractivity contribution in [3.8, 4) is 11.1 Å². The van der Waals surface area contributed by atoms with Crippen LogP contribution in [0.1, 0.15) is 0 Å². The first kappa shape index (κ1) is 9.89. The van der Waals surface area contributed by atoms with Gasteiger partial charge in [-0.3, -0.25) is 9.36 Å². The summed E-state index contributed by atoms with van der Waals surface area (Å²) in [7, 11) is 3.81. The highest BCUT2D eigenvalue weighted by Crippen LogP contribution is 2.28. The number of anilines is 1. The van der Waals surface area contributed by atoms with Crippen molar-refractivity contribution >= 4 is 16.6 Å². The summed E-state index contributed by atoms with van der Waals surface area (Å²) in [5, 5.41) is 9.36. The van der Waals surface area contributed by atoms with Gasteiger partial charge in [0.2, 0.25) is 0 Å². The van der Waals surface area contributed by atoms with E-state index in [1.807, 2.05) is 37.2 Å². The van der Waals surface area contributed by atoms with Crippen molar-refractivity contribution in [2.24, 2.45) is 14.1 Å². The molecule has 86 valence electrons. The average molecular weight is 227 g/mol. The van der Waals surface area contributed by atoms with Gasteiger partial charge in [-0.05, 0) is 17.7 Å². The van der Waals surface area contributed by atoms with Crippen LogP contribution in [0, 0.1) is 0 Å².